The van der Waals surface area contributed by atoms with E-state index in [2.05, 4.69) is 23.4 Å². The zero-order valence-electron chi connectivity index (χ0n) is 10.7. The first-order valence-electron chi connectivity index (χ1n) is 6.40. The van der Waals surface area contributed by atoms with Crippen LogP contribution in [0.2, 0.25) is 0 Å². The number of hydrogen-bond donors (Lipinski definition) is 1. The van der Waals surface area contributed by atoms with Crippen LogP contribution in [0.5, 0.6) is 0 Å². The zero-order valence-corrected chi connectivity index (χ0v) is 11.5. The van der Waals surface area contributed by atoms with Crippen molar-refractivity contribution in [3.63, 3.8) is 0 Å². The molecule has 1 aromatic heterocycles. The third-order valence-electron chi connectivity index (χ3n) is 4.33. The van der Waals surface area contributed by atoms with Gasteiger partial charge in [-0.05, 0) is 54.6 Å². The molecule has 1 aliphatic rings. The summed E-state index contributed by atoms with van der Waals surface area (Å²) in [7, 11) is 0. The van der Waals surface area contributed by atoms with E-state index in [1.165, 1.54) is 18.9 Å². The minimum atomic E-state index is -0.209. The average molecular weight is 264 g/mol. The molecule has 0 saturated heterocycles. The SMILES string of the molecule is CC(C)C1(Cn2c(=S)[nH]c3ccc(F)cc32)CC1. The van der Waals surface area contributed by atoms with Crippen molar-refractivity contribution < 1.29 is 4.39 Å². The largest absolute Gasteiger partial charge is 0.331 e. The smallest absolute Gasteiger partial charge is 0.178 e. The van der Waals surface area contributed by atoms with Crippen LogP contribution in [0.25, 0.3) is 11.0 Å². The molecule has 1 saturated carbocycles. The van der Waals surface area contributed by atoms with Crippen LogP contribution in [0.1, 0.15) is 26.7 Å². The van der Waals surface area contributed by atoms with E-state index in [4.69, 9.17) is 12.2 Å². The second kappa shape index (κ2) is 3.92. The molecule has 3 rings (SSSR count). The Morgan fingerprint density at radius 3 is 2.78 bits per heavy atom. The third-order valence-corrected chi connectivity index (χ3v) is 4.65. The minimum absolute atomic E-state index is 0.209. The van der Waals surface area contributed by atoms with Crippen molar-refractivity contribution in [3.05, 3.63) is 28.8 Å². The predicted molar refractivity (Wildman–Crippen MR) is 73.6 cm³/mol. The Kier molecular flexibility index (Phi) is 2.59. The van der Waals surface area contributed by atoms with Crippen LogP contribution in [-0.2, 0) is 6.54 Å². The maximum Gasteiger partial charge on any atom is 0.178 e. The van der Waals surface area contributed by atoms with Gasteiger partial charge in [0.05, 0.1) is 11.0 Å². The summed E-state index contributed by atoms with van der Waals surface area (Å²) in [4.78, 5) is 3.15. The Morgan fingerprint density at radius 1 is 1.44 bits per heavy atom. The summed E-state index contributed by atoms with van der Waals surface area (Å²) < 4.78 is 16.1. The van der Waals surface area contributed by atoms with E-state index in [9.17, 15) is 4.39 Å². The van der Waals surface area contributed by atoms with Gasteiger partial charge in [-0.1, -0.05) is 13.8 Å². The van der Waals surface area contributed by atoms with Crippen LogP contribution < -0.4 is 0 Å². The van der Waals surface area contributed by atoms with Crippen LogP contribution in [0.3, 0.4) is 0 Å². The van der Waals surface area contributed by atoms with Crippen molar-refractivity contribution in [3.8, 4) is 0 Å². The number of halogens is 1. The molecule has 1 aromatic carbocycles. The molecular formula is C14H17FN2S. The summed E-state index contributed by atoms with van der Waals surface area (Å²) in [5.41, 5.74) is 2.16. The third kappa shape index (κ3) is 1.79. The summed E-state index contributed by atoms with van der Waals surface area (Å²) >= 11 is 5.36. The van der Waals surface area contributed by atoms with E-state index < -0.39 is 0 Å². The predicted octanol–water partition coefficient (Wildman–Crippen LogP) is 4.27. The number of fused-ring (bicyclic) bond motifs is 1. The van der Waals surface area contributed by atoms with Crippen molar-refractivity contribution >= 4 is 23.3 Å². The number of H-pyrrole nitrogens is 1. The van der Waals surface area contributed by atoms with Crippen molar-refractivity contribution in [1.29, 1.82) is 0 Å². The van der Waals surface area contributed by atoms with E-state index in [0.29, 0.717) is 16.1 Å². The molecule has 4 heteroatoms. The van der Waals surface area contributed by atoms with Crippen molar-refractivity contribution in [2.75, 3.05) is 0 Å². The molecule has 1 fully saturated rings. The van der Waals surface area contributed by atoms with Gasteiger partial charge in [0.2, 0.25) is 0 Å². The Morgan fingerprint density at radius 2 is 2.17 bits per heavy atom. The number of hydrogen-bond acceptors (Lipinski definition) is 1. The molecule has 0 spiro atoms. The number of nitrogens with zero attached hydrogens (tertiary/aromatic N) is 1. The van der Waals surface area contributed by atoms with Gasteiger partial charge in [0, 0.05) is 6.54 Å². The second-order valence-corrected chi connectivity index (χ2v) is 6.08. The molecule has 0 atom stereocenters. The van der Waals surface area contributed by atoms with Crippen LogP contribution in [0, 0.1) is 21.9 Å². The van der Waals surface area contributed by atoms with Gasteiger partial charge >= 0.3 is 0 Å². The van der Waals surface area contributed by atoms with E-state index in [1.54, 1.807) is 12.1 Å². The maximum atomic E-state index is 13.4. The molecule has 0 bridgehead atoms. The lowest BCUT2D eigenvalue weighted by atomic mass is 9.92. The highest BCUT2D eigenvalue weighted by Crippen LogP contribution is 2.53. The lowest BCUT2D eigenvalue weighted by Gasteiger charge is -2.20. The van der Waals surface area contributed by atoms with Gasteiger partial charge in [0.1, 0.15) is 5.82 Å². The monoisotopic (exact) mass is 264 g/mol. The number of aromatic amines is 1. The molecule has 0 radical (unpaired) electrons. The van der Waals surface area contributed by atoms with Gasteiger partial charge in [0.25, 0.3) is 0 Å². The van der Waals surface area contributed by atoms with E-state index in [0.717, 1.165) is 17.6 Å². The first-order chi connectivity index (χ1) is 8.52. The summed E-state index contributed by atoms with van der Waals surface area (Å²) in [5, 5.41) is 0. The second-order valence-electron chi connectivity index (χ2n) is 5.69. The Hall–Kier alpha value is -1.16. The number of benzene rings is 1. The van der Waals surface area contributed by atoms with Gasteiger partial charge in [-0.2, -0.15) is 0 Å². The van der Waals surface area contributed by atoms with Gasteiger partial charge in [-0.15, -0.1) is 0 Å². The molecule has 1 N–H and O–H groups in total. The Bertz CT molecular complexity index is 649. The highest BCUT2D eigenvalue weighted by Gasteiger charge is 2.45. The number of rotatable bonds is 3. The normalized spacial score (nSPS) is 17.6. The summed E-state index contributed by atoms with van der Waals surface area (Å²) in [6, 6.07) is 4.79. The van der Waals surface area contributed by atoms with Gasteiger partial charge in [-0.25, -0.2) is 4.39 Å². The van der Waals surface area contributed by atoms with Gasteiger partial charge in [0.15, 0.2) is 4.77 Å². The van der Waals surface area contributed by atoms with Gasteiger partial charge < -0.3 is 9.55 Å². The molecule has 0 unspecified atom stereocenters. The van der Waals surface area contributed by atoms with Crippen molar-refractivity contribution in [1.82, 2.24) is 9.55 Å². The van der Waals surface area contributed by atoms with E-state index in [-0.39, 0.29) is 5.82 Å². The molecule has 96 valence electrons. The number of nitrogens with one attached hydrogen (secondary N) is 1. The summed E-state index contributed by atoms with van der Waals surface area (Å²) in [5.74, 6) is 0.428. The van der Waals surface area contributed by atoms with Crippen LogP contribution >= 0.6 is 12.2 Å². The fourth-order valence-corrected chi connectivity index (χ4v) is 2.95. The summed E-state index contributed by atoms with van der Waals surface area (Å²) in [6.45, 7) is 5.41. The quantitative estimate of drug-likeness (QED) is 0.821. The molecule has 2 aromatic rings. The lowest BCUT2D eigenvalue weighted by molar-refractivity contribution is 0.311. The minimum Gasteiger partial charge on any atom is -0.331 e. The molecule has 0 aliphatic heterocycles. The highest BCUT2D eigenvalue weighted by molar-refractivity contribution is 7.71. The maximum absolute atomic E-state index is 13.4. The standard InChI is InChI=1S/C14H17FN2S/c1-9(2)14(5-6-14)8-17-12-7-10(15)3-4-11(12)16-13(17)18/h3-4,7,9H,5-6,8H2,1-2H3,(H,16,18). The zero-order chi connectivity index (χ0) is 12.9. The van der Waals surface area contributed by atoms with Crippen LogP contribution in [0.4, 0.5) is 4.39 Å². The lowest BCUT2D eigenvalue weighted by Crippen LogP contribution is -2.17. The van der Waals surface area contributed by atoms with Gasteiger partial charge in [-0.3, -0.25) is 0 Å². The topological polar surface area (TPSA) is 20.7 Å². The number of aromatic nitrogens is 2. The van der Waals surface area contributed by atoms with Crippen molar-refractivity contribution in [2.45, 2.75) is 33.2 Å². The summed E-state index contributed by atoms with van der Waals surface area (Å²) in [6.07, 6.45) is 2.49. The first-order valence-corrected chi connectivity index (χ1v) is 6.81. The Labute approximate surface area is 111 Å². The van der Waals surface area contributed by atoms with Crippen LogP contribution in [-0.4, -0.2) is 9.55 Å². The number of imidazole rings is 1. The Balaban J connectivity index is 2.09. The molecule has 1 aliphatic carbocycles. The molecular weight excluding hydrogens is 247 g/mol. The first kappa shape index (κ1) is 11.9. The highest BCUT2D eigenvalue weighted by atomic mass is 32.1. The molecule has 18 heavy (non-hydrogen) atoms. The van der Waals surface area contributed by atoms with Crippen LogP contribution in [0.15, 0.2) is 18.2 Å². The molecule has 2 nitrogen and oxygen atoms in total. The van der Waals surface area contributed by atoms with Crippen molar-refractivity contribution in [2.24, 2.45) is 11.3 Å². The molecule has 0 amide bonds. The van der Waals surface area contributed by atoms with E-state index >= 15 is 0 Å². The fourth-order valence-electron chi connectivity index (χ4n) is 2.68. The van der Waals surface area contributed by atoms with E-state index in [1.807, 2.05) is 0 Å². The average Bonchev–Trinajstić information content (AvgIpc) is 3.03. The molecule has 1 heterocycles. The fraction of sp³-hybridized carbons (Fsp3) is 0.500.